The molecule has 0 fully saturated rings. The van der Waals surface area contributed by atoms with Crippen molar-refractivity contribution >= 4 is 0 Å². The molecule has 5 heteroatoms. The number of pyridine rings is 1. The van der Waals surface area contributed by atoms with Gasteiger partial charge in [-0.15, -0.1) is 10.2 Å². The monoisotopic (exact) mass is 260 g/mol. The van der Waals surface area contributed by atoms with Gasteiger partial charge in [0, 0.05) is 12.1 Å². The van der Waals surface area contributed by atoms with Gasteiger partial charge in [0.05, 0.1) is 11.3 Å². The van der Waals surface area contributed by atoms with E-state index in [1.807, 2.05) is 26.0 Å². The van der Waals surface area contributed by atoms with Crippen molar-refractivity contribution < 1.29 is 4.42 Å². The molecule has 0 saturated heterocycles. The quantitative estimate of drug-likeness (QED) is 0.807. The lowest BCUT2D eigenvalue weighted by atomic mass is 10.2. The van der Waals surface area contributed by atoms with E-state index >= 15 is 0 Å². The minimum atomic E-state index is 0.559. The van der Waals surface area contributed by atoms with Crippen LogP contribution in [0.3, 0.4) is 0 Å². The summed E-state index contributed by atoms with van der Waals surface area (Å²) in [5, 5.41) is 11.5. The van der Waals surface area contributed by atoms with Crippen molar-refractivity contribution in [1.82, 2.24) is 20.5 Å². The van der Waals surface area contributed by atoms with Crippen LogP contribution in [-0.2, 0) is 6.42 Å². The highest BCUT2D eigenvalue weighted by atomic mass is 16.4. The Labute approximate surface area is 113 Å². The van der Waals surface area contributed by atoms with E-state index in [9.17, 15) is 0 Å². The van der Waals surface area contributed by atoms with Crippen LogP contribution in [0.2, 0.25) is 0 Å². The van der Waals surface area contributed by atoms with Crippen LogP contribution in [0.25, 0.3) is 11.5 Å². The molecule has 2 aromatic heterocycles. The maximum Gasteiger partial charge on any atom is 0.249 e. The number of hydrogen-bond acceptors (Lipinski definition) is 5. The normalized spacial score (nSPS) is 10.9. The molecule has 102 valence electrons. The van der Waals surface area contributed by atoms with Gasteiger partial charge in [0.25, 0.3) is 0 Å². The predicted octanol–water partition coefficient (Wildman–Crippen LogP) is 2.29. The highest BCUT2D eigenvalue weighted by Crippen LogP contribution is 2.21. The van der Waals surface area contributed by atoms with Crippen LogP contribution >= 0.6 is 0 Å². The second-order valence-corrected chi connectivity index (χ2v) is 4.54. The minimum absolute atomic E-state index is 0.559. The van der Waals surface area contributed by atoms with Crippen LogP contribution in [0.5, 0.6) is 0 Å². The van der Waals surface area contributed by atoms with Crippen molar-refractivity contribution in [2.45, 2.75) is 33.6 Å². The number of aryl methyl sites for hydroxylation is 3. The van der Waals surface area contributed by atoms with Gasteiger partial charge in [-0.05, 0) is 45.5 Å². The molecule has 2 rings (SSSR count). The largest absolute Gasteiger partial charge is 0.421 e. The number of hydrogen-bond donors (Lipinski definition) is 1. The zero-order chi connectivity index (χ0) is 13.7. The maximum atomic E-state index is 5.68. The summed E-state index contributed by atoms with van der Waals surface area (Å²) in [7, 11) is 0. The van der Waals surface area contributed by atoms with E-state index in [2.05, 4.69) is 27.4 Å². The molecular weight excluding hydrogens is 240 g/mol. The first-order valence-electron chi connectivity index (χ1n) is 6.68. The first-order valence-corrected chi connectivity index (χ1v) is 6.68. The van der Waals surface area contributed by atoms with Crippen LogP contribution < -0.4 is 5.32 Å². The Hall–Kier alpha value is -1.75. The third kappa shape index (κ3) is 3.61. The summed E-state index contributed by atoms with van der Waals surface area (Å²) in [5.41, 5.74) is 2.82. The summed E-state index contributed by atoms with van der Waals surface area (Å²) in [6, 6.07) is 3.94. The van der Waals surface area contributed by atoms with Gasteiger partial charge >= 0.3 is 0 Å². The van der Waals surface area contributed by atoms with Crippen LogP contribution in [0.1, 0.15) is 30.6 Å². The Morgan fingerprint density at radius 3 is 2.79 bits per heavy atom. The predicted molar refractivity (Wildman–Crippen MR) is 73.9 cm³/mol. The van der Waals surface area contributed by atoms with Crippen molar-refractivity contribution in [3.63, 3.8) is 0 Å². The molecule has 0 atom stereocenters. The van der Waals surface area contributed by atoms with Crippen molar-refractivity contribution in [1.29, 1.82) is 0 Å². The van der Waals surface area contributed by atoms with Crippen molar-refractivity contribution in [2.75, 3.05) is 13.1 Å². The third-order valence-electron chi connectivity index (χ3n) is 2.92. The van der Waals surface area contributed by atoms with Crippen LogP contribution in [0.15, 0.2) is 16.5 Å². The zero-order valence-electron chi connectivity index (χ0n) is 11.7. The zero-order valence-corrected chi connectivity index (χ0v) is 11.7. The number of nitrogens with one attached hydrogen (secondary N) is 1. The fourth-order valence-corrected chi connectivity index (χ4v) is 1.92. The Kier molecular flexibility index (Phi) is 4.63. The number of aromatic nitrogens is 3. The Morgan fingerprint density at radius 2 is 2.05 bits per heavy atom. The van der Waals surface area contributed by atoms with Crippen molar-refractivity contribution in [2.24, 2.45) is 0 Å². The van der Waals surface area contributed by atoms with Gasteiger partial charge in [-0.3, -0.25) is 4.98 Å². The second kappa shape index (κ2) is 6.43. The fourth-order valence-electron chi connectivity index (χ4n) is 1.92. The molecular formula is C14H20N4O. The van der Waals surface area contributed by atoms with Gasteiger partial charge < -0.3 is 9.73 Å². The number of rotatable bonds is 6. The van der Waals surface area contributed by atoms with Crippen LogP contribution in [0.4, 0.5) is 0 Å². The second-order valence-electron chi connectivity index (χ2n) is 4.54. The van der Waals surface area contributed by atoms with Gasteiger partial charge in [0.1, 0.15) is 0 Å². The lowest BCUT2D eigenvalue weighted by molar-refractivity contribution is 0.492. The maximum absolute atomic E-state index is 5.68. The van der Waals surface area contributed by atoms with Crippen LogP contribution in [-0.4, -0.2) is 28.3 Å². The van der Waals surface area contributed by atoms with E-state index in [0.29, 0.717) is 11.8 Å². The lowest BCUT2D eigenvalue weighted by Crippen LogP contribution is -2.14. The molecule has 0 bridgehead atoms. The van der Waals surface area contributed by atoms with Gasteiger partial charge in [-0.2, -0.15) is 0 Å². The molecule has 0 aliphatic heterocycles. The summed E-state index contributed by atoms with van der Waals surface area (Å²) in [6.07, 6.45) is 1.80. The third-order valence-corrected chi connectivity index (χ3v) is 2.92. The first kappa shape index (κ1) is 13.7. The minimum Gasteiger partial charge on any atom is -0.421 e. The van der Waals surface area contributed by atoms with Crippen molar-refractivity contribution in [3.8, 4) is 11.5 Å². The molecule has 2 aromatic rings. The molecule has 1 N–H and O–H groups in total. The lowest BCUT2D eigenvalue weighted by Gasteiger charge is -2.01. The molecule has 0 spiro atoms. The Bertz CT molecular complexity index is 536. The average Bonchev–Trinajstić information content (AvgIpc) is 2.83. The summed E-state index contributed by atoms with van der Waals surface area (Å²) in [5.74, 6) is 1.25. The van der Waals surface area contributed by atoms with Gasteiger partial charge in [-0.1, -0.05) is 6.92 Å². The van der Waals surface area contributed by atoms with Crippen LogP contribution in [0, 0.1) is 13.8 Å². The molecule has 2 heterocycles. The summed E-state index contributed by atoms with van der Waals surface area (Å²) >= 11 is 0. The van der Waals surface area contributed by atoms with E-state index < -0.39 is 0 Å². The molecule has 0 aliphatic rings. The smallest absolute Gasteiger partial charge is 0.249 e. The standard InChI is InChI=1S/C14H20N4O/c1-4-15-9-5-6-13-17-18-14(19-13)12-8-7-10(2)16-11(12)3/h7-8,15H,4-6,9H2,1-3H3. The molecule has 0 unspecified atom stereocenters. The summed E-state index contributed by atoms with van der Waals surface area (Å²) in [6.45, 7) is 7.98. The van der Waals surface area contributed by atoms with E-state index in [0.717, 1.165) is 42.9 Å². The highest BCUT2D eigenvalue weighted by molar-refractivity contribution is 5.55. The summed E-state index contributed by atoms with van der Waals surface area (Å²) < 4.78 is 5.68. The molecule has 0 saturated carbocycles. The van der Waals surface area contributed by atoms with E-state index in [1.54, 1.807) is 0 Å². The first-order chi connectivity index (χ1) is 9.20. The Balaban J connectivity index is 2.04. The summed E-state index contributed by atoms with van der Waals surface area (Å²) in [4.78, 5) is 4.41. The Morgan fingerprint density at radius 1 is 1.21 bits per heavy atom. The molecule has 0 aliphatic carbocycles. The SMILES string of the molecule is CCNCCCc1nnc(-c2ccc(C)nc2C)o1. The molecule has 0 amide bonds. The van der Waals surface area contributed by atoms with E-state index in [1.165, 1.54) is 0 Å². The van der Waals surface area contributed by atoms with Gasteiger partial charge in [0.15, 0.2) is 0 Å². The molecule has 0 aromatic carbocycles. The average molecular weight is 260 g/mol. The number of nitrogens with zero attached hydrogens (tertiary/aromatic N) is 3. The van der Waals surface area contributed by atoms with E-state index in [-0.39, 0.29) is 0 Å². The topological polar surface area (TPSA) is 63.8 Å². The highest BCUT2D eigenvalue weighted by Gasteiger charge is 2.11. The molecule has 0 radical (unpaired) electrons. The van der Waals surface area contributed by atoms with Gasteiger partial charge in [-0.25, -0.2) is 0 Å². The van der Waals surface area contributed by atoms with E-state index in [4.69, 9.17) is 4.42 Å². The molecule has 5 nitrogen and oxygen atoms in total. The fraction of sp³-hybridized carbons (Fsp3) is 0.500. The van der Waals surface area contributed by atoms with Crippen molar-refractivity contribution in [3.05, 3.63) is 29.4 Å². The van der Waals surface area contributed by atoms with Gasteiger partial charge in [0.2, 0.25) is 11.8 Å². The molecule has 19 heavy (non-hydrogen) atoms.